The summed E-state index contributed by atoms with van der Waals surface area (Å²) in [5.41, 5.74) is 5.67. The van der Waals surface area contributed by atoms with E-state index in [4.69, 9.17) is 26.9 Å². The third kappa shape index (κ3) is 5.77. The van der Waals surface area contributed by atoms with Crippen LogP contribution in [-0.4, -0.2) is 139 Å². The molecule has 4 aliphatic rings. The maximum Gasteiger partial charge on any atom is 0.352 e. The smallest absolute Gasteiger partial charge is 0.352 e. The number of methoxy groups -OCH3 is 1. The minimum Gasteiger partial charge on any atom is -0.466 e. The molecule has 4 atom stereocenters. The molecule has 2 aromatic rings. The van der Waals surface area contributed by atoms with Gasteiger partial charge >= 0.3 is 5.97 Å². The fourth-order valence-electron chi connectivity index (χ4n) is 6.53. The Bertz CT molecular complexity index is 1560. The predicted octanol–water partition coefficient (Wildman–Crippen LogP) is 0.300. The molecule has 0 aliphatic carbocycles. The van der Waals surface area contributed by atoms with Crippen molar-refractivity contribution in [2.75, 3.05) is 58.4 Å². The molecule has 16 nitrogen and oxygen atoms in total. The molecule has 0 spiro atoms. The number of quaternary nitrogens is 1. The third-order valence-corrected chi connectivity index (χ3v) is 11.3. The number of nitrogens with two attached hydrogens (primary N) is 1. The van der Waals surface area contributed by atoms with Crippen LogP contribution in [0.1, 0.15) is 38.2 Å². The van der Waals surface area contributed by atoms with Crippen molar-refractivity contribution in [3.63, 3.8) is 0 Å². The van der Waals surface area contributed by atoms with Gasteiger partial charge in [-0.15, -0.1) is 22.0 Å². The van der Waals surface area contributed by atoms with E-state index in [1.807, 2.05) is 0 Å². The van der Waals surface area contributed by atoms with Gasteiger partial charge < -0.3 is 25.1 Å². The van der Waals surface area contributed by atoms with Gasteiger partial charge in [-0.25, -0.2) is 9.78 Å². The molecule has 3 saturated heterocycles. The maximum atomic E-state index is 13.8. The van der Waals surface area contributed by atoms with Crippen LogP contribution >= 0.6 is 34.7 Å². The van der Waals surface area contributed by atoms with Crippen molar-refractivity contribution in [2.45, 2.75) is 49.7 Å². The number of thioether (sulfide) groups is 1. The van der Waals surface area contributed by atoms with E-state index in [1.165, 1.54) is 33.8 Å². The number of aromatic nitrogens is 5. The number of nitrogens with zero attached hydrogens (tertiary/aromatic N) is 8. The summed E-state index contributed by atoms with van der Waals surface area (Å²) in [5, 5.41) is 21.2. The van der Waals surface area contributed by atoms with Gasteiger partial charge in [0.05, 0.1) is 32.4 Å². The molecule has 0 aromatic carbocycles. The molecular weight excluding hydrogens is 646 g/mol. The number of nitrogens with one attached hydrogen (secondary N) is 2. The largest absolute Gasteiger partial charge is 0.466 e. The van der Waals surface area contributed by atoms with Crippen LogP contribution in [0.5, 0.6) is 0 Å². The lowest BCUT2D eigenvalue weighted by atomic mass is 10.0. The predicted molar refractivity (Wildman–Crippen MR) is 167 cm³/mol. The number of amides is 2. The first kappa shape index (κ1) is 31.7. The number of piperazine rings is 1. The van der Waals surface area contributed by atoms with E-state index < -0.39 is 28.9 Å². The second kappa shape index (κ2) is 12.1. The Hall–Kier alpha value is -3.32. The number of thiazole rings is 1. The van der Waals surface area contributed by atoms with Gasteiger partial charge in [-0.2, -0.15) is 5.21 Å². The van der Waals surface area contributed by atoms with E-state index in [9.17, 15) is 14.4 Å². The number of hydrogen-bond acceptors (Lipinski definition) is 14. The monoisotopic (exact) mass is 680 g/mol. The van der Waals surface area contributed by atoms with E-state index in [2.05, 4.69) is 48.0 Å². The number of hydrogen-bond donors (Lipinski definition) is 3. The Morgan fingerprint density at radius 3 is 2.82 bits per heavy atom. The number of carbonyl (C=O) groups excluding carboxylic acids is 3. The molecule has 6 rings (SSSR count). The summed E-state index contributed by atoms with van der Waals surface area (Å²) in [6.45, 7) is 7.89. The van der Waals surface area contributed by atoms with Crippen molar-refractivity contribution in [3.05, 3.63) is 21.4 Å². The number of esters is 1. The standard InChI is InChI=1S/C26H34ClN11O5S2/c1-26(2,24(41)42-4)43-33-16(15-19(27)45-25(28)30-15)21(39)29-17-22(40)37-18(20-31-34-35-32-20)13(12-44-23(17)37)11-38-8-5-6-14(38)10-36(3)7-9-38/h14,17,23H,5-12H2,1-4H3,(H3-,28,29,30,31,32,34,35,39)/p+1/b33-16-/t14-,17+,23+,38+/m0/s1. The summed E-state index contributed by atoms with van der Waals surface area (Å²) in [6.07, 6.45) is 2.36. The summed E-state index contributed by atoms with van der Waals surface area (Å²) < 4.78 is 5.85. The number of anilines is 1. The average molecular weight is 681 g/mol. The Balaban J connectivity index is 1.26. The van der Waals surface area contributed by atoms with Gasteiger partial charge in [0.2, 0.25) is 11.4 Å². The maximum absolute atomic E-state index is 13.8. The molecule has 0 radical (unpaired) electrons. The number of carbonyl (C=O) groups is 3. The Morgan fingerprint density at radius 2 is 2.13 bits per heavy atom. The lowest BCUT2D eigenvalue weighted by molar-refractivity contribution is -0.939. The van der Waals surface area contributed by atoms with Crippen LogP contribution in [0.15, 0.2) is 10.7 Å². The van der Waals surface area contributed by atoms with E-state index in [0.29, 0.717) is 23.3 Å². The molecule has 3 fully saturated rings. The Labute approximate surface area is 272 Å². The summed E-state index contributed by atoms with van der Waals surface area (Å²) >= 11 is 8.84. The number of oxime groups is 1. The molecule has 19 heteroatoms. The van der Waals surface area contributed by atoms with E-state index in [1.54, 1.807) is 16.7 Å². The van der Waals surface area contributed by atoms with Gasteiger partial charge in [0.15, 0.2) is 10.8 Å². The molecule has 0 bridgehead atoms. The Kier molecular flexibility index (Phi) is 8.53. The molecule has 6 heterocycles. The zero-order chi connectivity index (χ0) is 32.1. The highest BCUT2D eigenvalue weighted by molar-refractivity contribution is 8.00. The summed E-state index contributed by atoms with van der Waals surface area (Å²) in [6, 6.07) is -0.352. The number of tetrazole rings is 1. The highest BCUT2D eigenvalue weighted by Crippen LogP contribution is 2.45. The minimum atomic E-state index is -1.53. The topological polar surface area (TPSA) is 194 Å². The van der Waals surface area contributed by atoms with Crippen molar-refractivity contribution >= 4 is 69.0 Å². The number of halogens is 1. The van der Waals surface area contributed by atoms with Crippen LogP contribution < -0.4 is 11.1 Å². The molecule has 2 amide bonds. The van der Waals surface area contributed by atoms with Crippen LogP contribution in [-0.2, 0) is 24.0 Å². The van der Waals surface area contributed by atoms with Gasteiger partial charge in [-0.05, 0) is 26.1 Å². The van der Waals surface area contributed by atoms with Crippen LogP contribution in [0.3, 0.4) is 0 Å². The highest BCUT2D eigenvalue weighted by atomic mass is 35.5. The van der Waals surface area contributed by atoms with Gasteiger partial charge in [-0.3, -0.25) is 19.4 Å². The highest BCUT2D eigenvalue weighted by Gasteiger charge is 2.55. The minimum absolute atomic E-state index is 0.0341. The lowest BCUT2D eigenvalue weighted by Crippen LogP contribution is -2.70. The van der Waals surface area contributed by atoms with Gasteiger partial charge in [0.1, 0.15) is 34.0 Å². The van der Waals surface area contributed by atoms with E-state index in [0.717, 1.165) is 54.1 Å². The molecule has 242 valence electrons. The number of aromatic amines is 1. The fourth-order valence-corrected chi connectivity index (χ4v) is 8.80. The fraction of sp³-hybridized carbons (Fsp3) is 0.615. The molecular formula is C26H35ClN11O5S2+. The second-order valence-corrected chi connectivity index (χ2v) is 14.9. The van der Waals surface area contributed by atoms with Crippen molar-refractivity contribution in [1.82, 2.24) is 40.7 Å². The quantitative estimate of drug-likeness (QED) is 0.108. The lowest BCUT2D eigenvalue weighted by Gasteiger charge is -2.51. The molecule has 4 aliphatic heterocycles. The van der Waals surface area contributed by atoms with Crippen LogP contribution in [0.2, 0.25) is 4.34 Å². The molecule has 0 unspecified atom stereocenters. The van der Waals surface area contributed by atoms with E-state index in [-0.39, 0.29) is 26.8 Å². The summed E-state index contributed by atoms with van der Waals surface area (Å²) in [5.74, 6) is -0.820. The van der Waals surface area contributed by atoms with E-state index >= 15 is 0 Å². The van der Waals surface area contributed by atoms with Crippen LogP contribution in [0, 0.1) is 0 Å². The summed E-state index contributed by atoms with van der Waals surface area (Å²) in [4.78, 5) is 53.2. The number of rotatable bonds is 9. The van der Waals surface area contributed by atoms with Crippen molar-refractivity contribution in [3.8, 4) is 0 Å². The van der Waals surface area contributed by atoms with Crippen molar-refractivity contribution < 1.29 is 28.4 Å². The third-order valence-electron chi connectivity index (χ3n) is 8.85. The van der Waals surface area contributed by atoms with Crippen LogP contribution in [0.4, 0.5) is 5.13 Å². The number of nitrogen functional groups attached to an aromatic ring is 1. The number of ether oxygens (including phenoxy) is 1. The number of β-lactam (4-membered cyclic amide) rings is 1. The zero-order valence-corrected chi connectivity index (χ0v) is 27.7. The van der Waals surface area contributed by atoms with Gasteiger partial charge in [-0.1, -0.05) is 28.1 Å². The Morgan fingerprint density at radius 1 is 1.33 bits per heavy atom. The van der Waals surface area contributed by atoms with Crippen LogP contribution in [0.25, 0.3) is 5.70 Å². The normalized spacial score (nSPS) is 27.1. The average Bonchev–Trinajstić information content (AvgIpc) is 3.76. The molecule has 2 aromatic heterocycles. The molecule has 0 saturated carbocycles. The van der Waals surface area contributed by atoms with Crippen molar-refractivity contribution in [2.24, 2.45) is 5.16 Å². The van der Waals surface area contributed by atoms with Gasteiger partial charge in [0, 0.05) is 30.7 Å². The number of H-pyrrole nitrogens is 1. The second-order valence-electron chi connectivity index (χ2n) is 12.1. The first-order valence-corrected chi connectivity index (χ1v) is 16.7. The zero-order valence-electron chi connectivity index (χ0n) is 25.3. The molecule has 45 heavy (non-hydrogen) atoms. The van der Waals surface area contributed by atoms with Gasteiger partial charge in [0.25, 0.3) is 11.8 Å². The molecule has 4 N–H and O–H groups in total. The first-order valence-electron chi connectivity index (χ1n) is 14.5. The number of fused-ring (bicyclic) bond motifs is 2. The van der Waals surface area contributed by atoms with Crippen molar-refractivity contribution in [1.29, 1.82) is 0 Å². The SMILES string of the molecule is COC(=O)C(C)(C)O/N=C(\C(=O)N[C@@H]1C(=O)N2C(c3nn[nH]n3)=C(C[N@+]34CCC[C@H]3CN(C)CC4)CS[C@H]12)c1nc(N)sc1Cl. The first-order chi connectivity index (χ1) is 21.4. The number of likely N-dealkylation sites (N-methyl/N-ethyl adjacent to an activating group) is 1. The summed E-state index contributed by atoms with van der Waals surface area (Å²) in [7, 11) is 3.38.